The zero-order chi connectivity index (χ0) is 17.1. The summed E-state index contributed by atoms with van der Waals surface area (Å²) < 4.78 is 18.5. The summed E-state index contributed by atoms with van der Waals surface area (Å²) in [4.78, 5) is 15.7. The molecule has 130 valence electrons. The molecule has 0 radical (unpaired) electrons. The number of halogens is 1. The third-order valence-electron chi connectivity index (χ3n) is 4.95. The highest BCUT2D eigenvalue weighted by Gasteiger charge is 2.25. The Morgan fingerprint density at radius 2 is 2.17 bits per heavy atom. The normalized spacial score (nSPS) is 16.6. The van der Waals surface area contributed by atoms with Gasteiger partial charge in [0.25, 0.3) is 0 Å². The molecule has 1 aliphatic rings. The van der Waals surface area contributed by atoms with Gasteiger partial charge in [0.2, 0.25) is 5.91 Å². The average Bonchev–Trinajstić information content (AvgIpc) is 2.98. The van der Waals surface area contributed by atoms with Gasteiger partial charge >= 0.3 is 0 Å². The van der Waals surface area contributed by atoms with Crippen LogP contribution in [0.25, 0.3) is 11.0 Å². The quantitative estimate of drug-likeness (QED) is 0.844. The van der Waals surface area contributed by atoms with E-state index in [1.54, 1.807) is 13.0 Å². The van der Waals surface area contributed by atoms with E-state index < -0.39 is 0 Å². The molecule has 3 rings (SSSR count). The lowest BCUT2D eigenvalue weighted by atomic mass is 9.91. The maximum absolute atomic E-state index is 13.3. The van der Waals surface area contributed by atoms with Gasteiger partial charge in [-0.2, -0.15) is 0 Å². The number of rotatable bonds is 5. The lowest BCUT2D eigenvalue weighted by molar-refractivity contribution is -0.128. The van der Waals surface area contributed by atoms with Crippen LogP contribution < -0.4 is 0 Å². The second-order valence-corrected chi connectivity index (χ2v) is 6.42. The molecule has 0 unspecified atom stereocenters. The van der Waals surface area contributed by atoms with Crippen molar-refractivity contribution in [3.05, 3.63) is 29.7 Å². The molecule has 0 saturated carbocycles. The Morgan fingerprint density at radius 3 is 2.83 bits per heavy atom. The number of hydrogen-bond acceptors (Lipinski definition) is 4. The molecule has 1 saturated heterocycles. The lowest BCUT2D eigenvalue weighted by Gasteiger charge is -2.32. The molecule has 2 aromatic rings. The molecular weight excluding hydrogens is 309 g/mol. The number of aromatic nitrogens is 1. The van der Waals surface area contributed by atoms with Crippen LogP contribution in [0.15, 0.2) is 22.7 Å². The summed E-state index contributed by atoms with van der Waals surface area (Å²) in [5, 5.41) is 5.10. The number of carbonyl (C=O) groups is 1. The number of hydrogen-bond donors (Lipinski definition) is 0. The van der Waals surface area contributed by atoms with Crippen LogP contribution in [0.1, 0.15) is 38.3 Å². The van der Waals surface area contributed by atoms with E-state index in [2.05, 4.69) is 10.1 Å². The number of nitrogens with zero attached hydrogens (tertiary/aromatic N) is 3. The van der Waals surface area contributed by atoms with Crippen molar-refractivity contribution >= 4 is 16.9 Å². The summed E-state index contributed by atoms with van der Waals surface area (Å²) in [6.07, 6.45) is 2.01. The van der Waals surface area contributed by atoms with Gasteiger partial charge in [0.05, 0.1) is 5.69 Å². The maximum Gasteiger partial charge on any atom is 0.219 e. The Kier molecular flexibility index (Phi) is 5.14. The molecule has 5 nitrogen and oxygen atoms in total. The number of likely N-dealkylation sites (tertiary alicyclic amines) is 1. The van der Waals surface area contributed by atoms with Gasteiger partial charge in [-0.25, -0.2) is 4.39 Å². The third kappa shape index (κ3) is 3.59. The van der Waals surface area contributed by atoms with Crippen LogP contribution in [-0.2, 0) is 4.79 Å². The molecule has 0 bridgehead atoms. The Labute approximate surface area is 141 Å². The second-order valence-electron chi connectivity index (χ2n) is 6.42. The molecule has 1 fully saturated rings. The highest BCUT2D eigenvalue weighted by molar-refractivity contribution is 5.79. The van der Waals surface area contributed by atoms with Crippen molar-refractivity contribution in [2.75, 3.05) is 32.7 Å². The molecule has 0 aliphatic carbocycles. The van der Waals surface area contributed by atoms with Crippen molar-refractivity contribution in [2.24, 2.45) is 0 Å². The lowest BCUT2D eigenvalue weighted by Crippen LogP contribution is -2.40. The predicted molar refractivity (Wildman–Crippen MR) is 90.3 cm³/mol. The van der Waals surface area contributed by atoms with Gasteiger partial charge in [-0.3, -0.25) is 4.79 Å². The zero-order valence-electron chi connectivity index (χ0n) is 14.3. The number of likely N-dealkylation sites (N-methyl/N-ethyl adjacent to an activating group) is 1. The number of amides is 1. The van der Waals surface area contributed by atoms with Crippen LogP contribution in [0.5, 0.6) is 0 Å². The van der Waals surface area contributed by atoms with E-state index in [1.165, 1.54) is 12.1 Å². The first-order valence-corrected chi connectivity index (χ1v) is 8.61. The van der Waals surface area contributed by atoms with E-state index >= 15 is 0 Å². The third-order valence-corrected chi connectivity index (χ3v) is 4.95. The Balaban J connectivity index is 1.57. The van der Waals surface area contributed by atoms with Crippen LogP contribution in [0.4, 0.5) is 4.39 Å². The fraction of sp³-hybridized carbons (Fsp3) is 0.556. The van der Waals surface area contributed by atoms with Crippen LogP contribution >= 0.6 is 0 Å². The first kappa shape index (κ1) is 16.9. The van der Waals surface area contributed by atoms with Gasteiger partial charge in [0.15, 0.2) is 5.58 Å². The van der Waals surface area contributed by atoms with Crippen molar-refractivity contribution < 1.29 is 13.7 Å². The number of fused-ring (bicyclic) bond motifs is 1. The highest BCUT2D eigenvalue weighted by atomic mass is 19.1. The van der Waals surface area contributed by atoms with E-state index in [9.17, 15) is 9.18 Å². The number of benzene rings is 1. The van der Waals surface area contributed by atoms with E-state index in [0.29, 0.717) is 11.5 Å². The van der Waals surface area contributed by atoms with Crippen molar-refractivity contribution in [1.29, 1.82) is 0 Å². The summed E-state index contributed by atoms with van der Waals surface area (Å²) in [5.74, 6) is 0.183. The SMILES string of the molecule is CCN(CCN1CCC(c2noc3cc(F)ccc23)CC1)C(C)=O. The average molecular weight is 333 g/mol. The van der Waals surface area contributed by atoms with Crippen LogP contribution in [0, 0.1) is 5.82 Å². The van der Waals surface area contributed by atoms with Crippen molar-refractivity contribution in [3.8, 4) is 0 Å². The first-order valence-electron chi connectivity index (χ1n) is 8.61. The molecular formula is C18H24FN3O2. The fourth-order valence-electron chi connectivity index (χ4n) is 3.46. The number of piperidine rings is 1. The molecule has 0 N–H and O–H groups in total. The topological polar surface area (TPSA) is 49.6 Å². The molecule has 1 aromatic carbocycles. The summed E-state index contributed by atoms with van der Waals surface area (Å²) in [5.41, 5.74) is 1.47. The zero-order valence-corrected chi connectivity index (χ0v) is 14.3. The minimum absolute atomic E-state index is 0.133. The number of carbonyl (C=O) groups excluding carboxylic acids is 1. The van der Waals surface area contributed by atoms with Gasteiger partial charge in [-0.15, -0.1) is 0 Å². The minimum atomic E-state index is -0.300. The van der Waals surface area contributed by atoms with Crippen molar-refractivity contribution in [3.63, 3.8) is 0 Å². The van der Waals surface area contributed by atoms with E-state index in [4.69, 9.17) is 4.52 Å². The molecule has 2 heterocycles. The molecule has 1 aliphatic heterocycles. The van der Waals surface area contributed by atoms with Gasteiger partial charge in [0.1, 0.15) is 5.82 Å². The van der Waals surface area contributed by atoms with E-state index in [1.807, 2.05) is 11.8 Å². The maximum atomic E-state index is 13.3. The van der Waals surface area contributed by atoms with E-state index in [0.717, 1.165) is 56.6 Å². The van der Waals surface area contributed by atoms with Gasteiger partial charge in [0, 0.05) is 43.9 Å². The molecule has 1 aromatic heterocycles. The van der Waals surface area contributed by atoms with Gasteiger partial charge in [-0.05, 0) is 45.0 Å². The predicted octanol–water partition coefficient (Wildman–Crippen LogP) is 3.01. The standard InChI is InChI=1S/C18H24FN3O2/c1-3-22(13(2)23)11-10-21-8-6-14(7-9-21)18-16-5-4-15(19)12-17(16)24-20-18/h4-5,12,14H,3,6-11H2,1-2H3. The molecule has 0 atom stereocenters. The Morgan fingerprint density at radius 1 is 1.42 bits per heavy atom. The molecule has 6 heteroatoms. The summed E-state index contributed by atoms with van der Waals surface area (Å²) in [6.45, 7) is 8.03. The summed E-state index contributed by atoms with van der Waals surface area (Å²) in [6, 6.07) is 4.61. The monoisotopic (exact) mass is 333 g/mol. The van der Waals surface area contributed by atoms with Crippen LogP contribution in [-0.4, -0.2) is 53.6 Å². The Hall–Kier alpha value is -1.95. The van der Waals surface area contributed by atoms with Gasteiger partial charge in [-0.1, -0.05) is 5.16 Å². The summed E-state index contributed by atoms with van der Waals surface area (Å²) in [7, 11) is 0. The Bertz CT molecular complexity index is 707. The minimum Gasteiger partial charge on any atom is -0.356 e. The molecule has 24 heavy (non-hydrogen) atoms. The van der Waals surface area contributed by atoms with Crippen molar-refractivity contribution in [2.45, 2.75) is 32.6 Å². The molecule has 0 spiro atoms. The van der Waals surface area contributed by atoms with Crippen LogP contribution in [0.3, 0.4) is 0 Å². The second kappa shape index (κ2) is 7.30. The fourth-order valence-corrected chi connectivity index (χ4v) is 3.46. The molecule has 1 amide bonds. The summed E-state index contributed by atoms with van der Waals surface area (Å²) >= 11 is 0. The van der Waals surface area contributed by atoms with Crippen molar-refractivity contribution in [1.82, 2.24) is 15.0 Å². The largest absolute Gasteiger partial charge is 0.356 e. The van der Waals surface area contributed by atoms with Crippen LogP contribution in [0.2, 0.25) is 0 Å². The first-order chi connectivity index (χ1) is 11.6. The highest BCUT2D eigenvalue weighted by Crippen LogP contribution is 2.32. The van der Waals surface area contributed by atoms with Gasteiger partial charge < -0.3 is 14.3 Å². The van der Waals surface area contributed by atoms with E-state index in [-0.39, 0.29) is 11.7 Å². The smallest absolute Gasteiger partial charge is 0.219 e.